The van der Waals surface area contributed by atoms with E-state index in [9.17, 15) is 4.79 Å². The van der Waals surface area contributed by atoms with Gasteiger partial charge in [-0.05, 0) is 29.6 Å². The smallest absolute Gasteiger partial charge is 0.219 e. The summed E-state index contributed by atoms with van der Waals surface area (Å²) in [6, 6.07) is 10.9. The first-order chi connectivity index (χ1) is 10.7. The van der Waals surface area contributed by atoms with E-state index in [0.717, 1.165) is 11.1 Å². The summed E-state index contributed by atoms with van der Waals surface area (Å²) >= 11 is 13.7. The third-order valence-electron chi connectivity index (χ3n) is 3.18. The SMILES string of the molecule is O=C(c1cccs1)c1[nH]ccc1C=Cc1c(Cl)cccc1Cl. The van der Waals surface area contributed by atoms with Gasteiger partial charge in [-0.25, -0.2) is 0 Å². The van der Waals surface area contributed by atoms with Crippen LogP contribution in [0.25, 0.3) is 12.2 Å². The fraction of sp³-hybridized carbons (Fsp3) is 0. The number of ketones is 1. The van der Waals surface area contributed by atoms with Crippen molar-refractivity contribution in [2.75, 3.05) is 0 Å². The zero-order valence-electron chi connectivity index (χ0n) is 11.3. The number of halogens is 2. The van der Waals surface area contributed by atoms with Crippen LogP contribution in [0.15, 0.2) is 48.0 Å². The number of hydrogen-bond donors (Lipinski definition) is 1. The first-order valence-corrected chi connectivity index (χ1v) is 8.18. The fourth-order valence-electron chi connectivity index (χ4n) is 2.09. The Bertz CT molecular complexity index is 814. The van der Waals surface area contributed by atoms with Crippen LogP contribution in [0.5, 0.6) is 0 Å². The van der Waals surface area contributed by atoms with Gasteiger partial charge in [-0.1, -0.05) is 47.5 Å². The summed E-state index contributed by atoms with van der Waals surface area (Å²) in [5, 5.41) is 3.03. The Balaban J connectivity index is 1.93. The van der Waals surface area contributed by atoms with E-state index in [4.69, 9.17) is 23.2 Å². The van der Waals surface area contributed by atoms with Crippen molar-refractivity contribution in [3.8, 4) is 0 Å². The summed E-state index contributed by atoms with van der Waals surface area (Å²) < 4.78 is 0. The molecule has 22 heavy (non-hydrogen) atoms. The van der Waals surface area contributed by atoms with E-state index in [1.165, 1.54) is 11.3 Å². The second kappa shape index (κ2) is 6.53. The lowest BCUT2D eigenvalue weighted by molar-refractivity contribution is 0.103. The first kappa shape index (κ1) is 15.1. The van der Waals surface area contributed by atoms with Crippen LogP contribution < -0.4 is 0 Å². The van der Waals surface area contributed by atoms with Gasteiger partial charge in [-0.3, -0.25) is 4.79 Å². The van der Waals surface area contributed by atoms with Gasteiger partial charge in [0, 0.05) is 27.4 Å². The van der Waals surface area contributed by atoms with E-state index in [0.29, 0.717) is 20.6 Å². The van der Waals surface area contributed by atoms with Crippen LogP contribution in [0.1, 0.15) is 26.5 Å². The Hall–Kier alpha value is -1.81. The van der Waals surface area contributed by atoms with Crippen molar-refractivity contribution in [2.45, 2.75) is 0 Å². The summed E-state index contributed by atoms with van der Waals surface area (Å²) in [6.07, 6.45) is 5.40. The molecule has 2 aromatic heterocycles. The number of H-pyrrole nitrogens is 1. The second-order valence-electron chi connectivity index (χ2n) is 4.58. The summed E-state index contributed by atoms with van der Waals surface area (Å²) in [5.74, 6) is -0.0232. The maximum absolute atomic E-state index is 12.4. The lowest BCUT2D eigenvalue weighted by Gasteiger charge is -2.01. The molecule has 1 aromatic carbocycles. The lowest BCUT2D eigenvalue weighted by Crippen LogP contribution is -2.00. The highest BCUT2D eigenvalue weighted by Crippen LogP contribution is 2.27. The number of aromatic amines is 1. The minimum absolute atomic E-state index is 0.0232. The molecule has 2 heterocycles. The van der Waals surface area contributed by atoms with Crippen molar-refractivity contribution in [2.24, 2.45) is 0 Å². The van der Waals surface area contributed by atoms with Gasteiger partial charge < -0.3 is 4.98 Å². The van der Waals surface area contributed by atoms with E-state index in [1.54, 1.807) is 24.4 Å². The number of carbonyl (C=O) groups is 1. The van der Waals surface area contributed by atoms with Crippen LogP contribution in [0.2, 0.25) is 10.0 Å². The molecule has 3 aromatic rings. The number of thiophene rings is 1. The van der Waals surface area contributed by atoms with Gasteiger partial charge in [0.2, 0.25) is 5.78 Å². The van der Waals surface area contributed by atoms with Gasteiger partial charge in [0.15, 0.2) is 0 Å². The lowest BCUT2D eigenvalue weighted by atomic mass is 10.1. The van der Waals surface area contributed by atoms with Crippen molar-refractivity contribution < 1.29 is 4.79 Å². The van der Waals surface area contributed by atoms with Gasteiger partial charge in [-0.15, -0.1) is 11.3 Å². The summed E-state index contributed by atoms with van der Waals surface area (Å²) in [5.41, 5.74) is 2.10. The van der Waals surface area contributed by atoms with E-state index >= 15 is 0 Å². The van der Waals surface area contributed by atoms with Crippen molar-refractivity contribution in [3.05, 3.63) is 79.7 Å². The average molecular weight is 348 g/mol. The van der Waals surface area contributed by atoms with E-state index in [2.05, 4.69) is 4.98 Å². The predicted molar refractivity (Wildman–Crippen MR) is 93.9 cm³/mol. The summed E-state index contributed by atoms with van der Waals surface area (Å²) in [4.78, 5) is 16.1. The molecule has 0 spiro atoms. The van der Waals surface area contributed by atoms with Gasteiger partial charge in [0.1, 0.15) is 0 Å². The van der Waals surface area contributed by atoms with Crippen molar-refractivity contribution >= 4 is 52.5 Å². The number of aromatic nitrogens is 1. The highest BCUT2D eigenvalue weighted by Gasteiger charge is 2.14. The van der Waals surface area contributed by atoms with Crippen molar-refractivity contribution in [1.29, 1.82) is 0 Å². The van der Waals surface area contributed by atoms with Crippen molar-refractivity contribution in [1.82, 2.24) is 4.98 Å². The highest BCUT2D eigenvalue weighted by atomic mass is 35.5. The van der Waals surface area contributed by atoms with Gasteiger partial charge in [-0.2, -0.15) is 0 Å². The zero-order valence-corrected chi connectivity index (χ0v) is 13.7. The van der Waals surface area contributed by atoms with Gasteiger partial charge in [0.05, 0.1) is 10.6 Å². The Labute approximate surface area is 142 Å². The molecule has 0 saturated carbocycles. The maximum atomic E-state index is 12.4. The van der Waals surface area contributed by atoms with E-state index in [-0.39, 0.29) is 5.78 Å². The van der Waals surface area contributed by atoms with Crippen molar-refractivity contribution in [3.63, 3.8) is 0 Å². The maximum Gasteiger partial charge on any atom is 0.219 e. The number of carbonyl (C=O) groups excluding carboxylic acids is 1. The number of nitrogens with one attached hydrogen (secondary N) is 1. The molecule has 0 aliphatic heterocycles. The minimum Gasteiger partial charge on any atom is -0.358 e. The number of hydrogen-bond acceptors (Lipinski definition) is 2. The second-order valence-corrected chi connectivity index (χ2v) is 6.35. The standard InChI is InChI=1S/C17H11Cl2NOS/c18-13-3-1-4-14(19)12(13)7-6-11-8-9-20-16(11)17(21)15-5-2-10-22-15/h1-10,20H. The third kappa shape index (κ3) is 3.02. The Morgan fingerprint density at radius 1 is 1.05 bits per heavy atom. The molecule has 5 heteroatoms. The Kier molecular flexibility index (Phi) is 4.48. The van der Waals surface area contributed by atoms with Crippen LogP contribution >= 0.6 is 34.5 Å². The van der Waals surface area contributed by atoms with E-state index < -0.39 is 0 Å². The van der Waals surface area contributed by atoms with Crippen LogP contribution in [0, 0.1) is 0 Å². The van der Waals surface area contributed by atoms with Gasteiger partial charge >= 0.3 is 0 Å². The van der Waals surface area contributed by atoms with E-state index in [1.807, 2.05) is 35.7 Å². The normalized spacial score (nSPS) is 11.2. The first-order valence-electron chi connectivity index (χ1n) is 6.54. The predicted octanol–water partition coefficient (Wildman–Crippen LogP) is 5.78. The molecule has 0 fully saturated rings. The molecule has 0 unspecified atom stereocenters. The molecule has 0 aliphatic carbocycles. The van der Waals surface area contributed by atoms with Crippen LogP contribution in [0.4, 0.5) is 0 Å². The molecule has 0 bridgehead atoms. The Morgan fingerprint density at radius 2 is 1.82 bits per heavy atom. The molecule has 0 radical (unpaired) electrons. The van der Waals surface area contributed by atoms with Crippen LogP contribution in [-0.4, -0.2) is 10.8 Å². The highest BCUT2D eigenvalue weighted by molar-refractivity contribution is 7.12. The van der Waals surface area contributed by atoms with Gasteiger partial charge in [0.25, 0.3) is 0 Å². The molecule has 0 amide bonds. The third-order valence-corrected chi connectivity index (χ3v) is 4.71. The van der Waals surface area contributed by atoms with Crippen LogP contribution in [-0.2, 0) is 0 Å². The number of rotatable bonds is 4. The average Bonchev–Trinajstić information content (AvgIpc) is 3.18. The number of benzene rings is 1. The largest absolute Gasteiger partial charge is 0.358 e. The Morgan fingerprint density at radius 3 is 2.50 bits per heavy atom. The summed E-state index contributed by atoms with van der Waals surface area (Å²) in [7, 11) is 0. The molecule has 110 valence electrons. The quantitative estimate of drug-likeness (QED) is 0.595. The topological polar surface area (TPSA) is 32.9 Å². The molecular formula is C17H11Cl2NOS. The molecule has 0 aliphatic rings. The zero-order chi connectivity index (χ0) is 15.5. The molecule has 3 rings (SSSR count). The monoisotopic (exact) mass is 347 g/mol. The molecule has 2 nitrogen and oxygen atoms in total. The summed E-state index contributed by atoms with van der Waals surface area (Å²) in [6.45, 7) is 0. The molecule has 0 saturated heterocycles. The van der Waals surface area contributed by atoms with Crippen LogP contribution in [0.3, 0.4) is 0 Å². The fourth-order valence-corrected chi connectivity index (χ4v) is 3.28. The molecule has 1 N–H and O–H groups in total. The molecular weight excluding hydrogens is 337 g/mol. The molecule has 0 atom stereocenters. The minimum atomic E-state index is -0.0232.